The molecule has 1 aliphatic heterocycles. The number of hydrogen-bond acceptors (Lipinski definition) is 5. The summed E-state index contributed by atoms with van der Waals surface area (Å²) in [4.78, 5) is 13.4. The quantitative estimate of drug-likeness (QED) is 0.842. The highest BCUT2D eigenvalue weighted by molar-refractivity contribution is 5.29. The van der Waals surface area contributed by atoms with Crippen molar-refractivity contribution in [1.82, 2.24) is 24.6 Å². The Kier molecular flexibility index (Phi) is 4.38. The van der Waals surface area contributed by atoms with Gasteiger partial charge in [-0.1, -0.05) is 6.92 Å². The number of hydrogen-bond donors (Lipinski definition) is 0. The molecule has 0 N–H and O–H groups in total. The van der Waals surface area contributed by atoms with Gasteiger partial charge in [0.05, 0.1) is 0 Å². The van der Waals surface area contributed by atoms with Gasteiger partial charge in [-0.2, -0.15) is 5.10 Å². The molecule has 1 radical (unpaired) electrons. The average Bonchev–Trinajstić information content (AvgIpc) is 3.11. The standard InChI is InChI=1S/C16H23N6/c1-3-6-16(2,22-10-5-9-19-22)21-13-11-20(12-14-21)15-17-7-4-8-18-15/h4-5,7-10H,1,3,6,11-14H2,2H3. The second kappa shape index (κ2) is 6.44. The summed E-state index contributed by atoms with van der Waals surface area (Å²) >= 11 is 0. The predicted molar refractivity (Wildman–Crippen MR) is 86.3 cm³/mol. The molecule has 2 aromatic heterocycles. The minimum Gasteiger partial charge on any atom is -0.338 e. The first kappa shape index (κ1) is 15.0. The molecule has 0 spiro atoms. The molecule has 0 bridgehead atoms. The topological polar surface area (TPSA) is 50.1 Å². The molecule has 1 saturated heterocycles. The minimum atomic E-state index is -0.116. The second-order valence-corrected chi connectivity index (χ2v) is 5.79. The fourth-order valence-electron chi connectivity index (χ4n) is 3.15. The Labute approximate surface area is 131 Å². The fourth-order valence-corrected chi connectivity index (χ4v) is 3.15. The highest BCUT2D eigenvalue weighted by atomic mass is 15.5. The monoisotopic (exact) mass is 299 g/mol. The van der Waals surface area contributed by atoms with E-state index in [0.29, 0.717) is 0 Å². The van der Waals surface area contributed by atoms with E-state index in [-0.39, 0.29) is 5.66 Å². The Balaban J connectivity index is 1.71. The number of anilines is 1. The van der Waals surface area contributed by atoms with E-state index >= 15 is 0 Å². The van der Waals surface area contributed by atoms with Crippen LogP contribution in [0.4, 0.5) is 5.95 Å². The fraction of sp³-hybridized carbons (Fsp3) is 0.500. The molecule has 1 unspecified atom stereocenters. The molecule has 0 aliphatic carbocycles. The van der Waals surface area contributed by atoms with Crippen molar-refractivity contribution in [3.05, 3.63) is 43.8 Å². The van der Waals surface area contributed by atoms with Crippen LogP contribution < -0.4 is 4.90 Å². The lowest BCUT2D eigenvalue weighted by Gasteiger charge is -2.46. The molecule has 1 aliphatic rings. The summed E-state index contributed by atoms with van der Waals surface area (Å²) in [5.74, 6) is 0.820. The van der Waals surface area contributed by atoms with E-state index in [9.17, 15) is 0 Å². The van der Waals surface area contributed by atoms with Crippen LogP contribution in [0.25, 0.3) is 0 Å². The first-order chi connectivity index (χ1) is 10.7. The zero-order valence-electron chi connectivity index (χ0n) is 13.1. The van der Waals surface area contributed by atoms with Gasteiger partial charge in [0.15, 0.2) is 0 Å². The van der Waals surface area contributed by atoms with Crippen LogP contribution in [0.5, 0.6) is 0 Å². The van der Waals surface area contributed by atoms with Crippen molar-refractivity contribution in [3.8, 4) is 0 Å². The van der Waals surface area contributed by atoms with Crippen LogP contribution >= 0.6 is 0 Å². The third kappa shape index (κ3) is 2.83. The molecule has 22 heavy (non-hydrogen) atoms. The van der Waals surface area contributed by atoms with Crippen molar-refractivity contribution >= 4 is 5.95 Å². The van der Waals surface area contributed by atoms with Crippen molar-refractivity contribution in [2.75, 3.05) is 31.1 Å². The van der Waals surface area contributed by atoms with Crippen LogP contribution in [-0.4, -0.2) is 50.8 Å². The Morgan fingerprint density at radius 2 is 1.82 bits per heavy atom. The lowest BCUT2D eigenvalue weighted by Crippen LogP contribution is -2.57. The lowest BCUT2D eigenvalue weighted by atomic mass is 10.0. The number of piperazine rings is 1. The Morgan fingerprint density at radius 1 is 1.09 bits per heavy atom. The van der Waals surface area contributed by atoms with Gasteiger partial charge in [0.2, 0.25) is 5.95 Å². The zero-order valence-corrected chi connectivity index (χ0v) is 13.1. The van der Waals surface area contributed by atoms with Gasteiger partial charge in [0.1, 0.15) is 5.66 Å². The molecule has 2 aromatic rings. The van der Waals surface area contributed by atoms with Gasteiger partial charge in [-0.15, -0.1) is 0 Å². The molecule has 117 valence electrons. The van der Waals surface area contributed by atoms with Crippen molar-refractivity contribution in [2.45, 2.75) is 25.4 Å². The minimum absolute atomic E-state index is 0.116. The van der Waals surface area contributed by atoms with Crippen molar-refractivity contribution in [2.24, 2.45) is 0 Å². The highest BCUT2D eigenvalue weighted by Crippen LogP contribution is 2.28. The molecular formula is C16H23N6. The van der Waals surface area contributed by atoms with E-state index in [0.717, 1.165) is 45.0 Å². The lowest BCUT2D eigenvalue weighted by molar-refractivity contribution is 0.0102. The number of rotatable bonds is 5. The van der Waals surface area contributed by atoms with E-state index < -0.39 is 0 Å². The smallest absolute Gasteiger partial charge is 0.225 e. The van der Waals surface area contributed by atoms with E-state index in [2.05, 4.69) is 43.4 Å². The van der Waals surface area contributed by atoms with Crippen LogP contribution in [0.2, 0.25) is 0 Å². The molecule has 3 heterocycles. The van der Waals surface area contributed by atoms with Gasteiger partial charge in [-0.3, -0.25) is 9.58 Å². The Morgan fingerprint density at radius 3 is 2.41 bits per heavy atom. The van der Waals surface area contributed by atoms with Crippen LogP contribution in [0.3, 0.4) is 0 Å². The third-order valence-corrected chi connectivity index (χ3v) is 4.44. The summed E-state index contributed by atoms with van der Waals surface area (Å²) in [6.07, 6.45) is 9.35. The van der Waals surface area contributed by atoms with E-state index in [1.807, 2.05) is 24.5 Å². The normalized spacial score (nSPS) is 19.1. The maximum absolute atomic E-state index is 4.47. The molecule has 0 saturated carbocycles. The van der Waals surface area contributed by atoms with Crippen LogP contribution in [-0.2, 0) is 5.66 Å². The highest BCUT2D eigenvalue weighted by Gasteiger charge is 2.35. The Bertz CT molecular complexity index is 562. The van der Waals surface area contributed by atoms with Gasteiger partial charge in [-0.25, -0.2) is 9.97 Å². The molecule has 6 heteroatoms. The predicted octanol–water partition coefficient (Wildman–Crippen LogP) is 1.78. The second-order valence-electron chi connectivity index (χ2n) is 5.79. The largest absolute Gasteiger partial charge is 0.338 e. The van der Waals surface area contributed by atoms with E-state index in [1.165, 1.54) is 0 Å². The molecular weight excluding hydrogens is 276 g/mol. The number of aromatic nitrogens is 4. The van der Waals surface area contributed by atoms with Gasteiger partial charge in [0.25, 0.3) is 0 Å². The summed E-state index contributed by atoms with van der Waals surface area (Å²) in [5.41, 5.74) is -0.116. The van der Waals surface area contributed by atoms with E-state index in [1.54, 1.807) is 12.4 Å². The van der Waals surface area contributed by atoms with Crippen molar-refractivity contribution in [1.29, 1.82) is 0 Å². The van der Waals surface area contributed by atoms with Gasteiger partial charge < -0.3 is 4.90 Å². The van der Waals surface area contributed by atoms with Gasteiger partial charge in [0, 0.05) is 51.0 Å². The van der Waals surface area contributed by atoms with Gasteiger partial charge in [-0.05, 0) is 31.9 Å². The van der Waals surface area contributed by atoms with Crippen molar-refractivity contribution in [3.63, 3.8) is 0 Å². The summed E-state index contributed by atoms with van der Waals surface area (Å²) in [6.45, 7) is 10.1. The average molecular weight is 299 g/mol. The van der Waals surface area contributed by atoms with Crippen LogP contribution in [0, 0.1) is 6.92 Å². The first-order valence-corrected chi connectivity index (χ1v) is 7.80. The summed E-state index contributed by atoms with van der Waals surface area (Å²) < 4.78 is 2.06. The summed E-state index contributed by atoms with van der Waals surface area (Å²) in [6, 6.07) is 3.83. The molecule has 0 aromatic carbocycles. The molecule has 6 nitrogen and oxygen atoms in total. The van der Waals surface area contributed by atoms with Gasteiger partial charge >= 0.3 is 0 Å². The summed E-state index contributed by atoms with van der Waals surface area (Å²) in [7, 11) is 0. The molecule has 0 amide bonds. The van der Waals surface area contributed by atoms with Crippen molar-refractivity contribution < 1.29 is 0 Å². The van der Waals surface area contributed by atoms with Crippen LogP contribution in [0.1, 0.15) is 19.8 Å². The molecule has 3 rings (SSSR count). The van der Waals surface area contributed by atoms with Crippen LogP contribution in [0.15, 0.2) is 36.9 Å². The first-order valence-electron chi connectivity index (χ1n) is 7.80. The molecule has 1 atom stereocenters. The SMILES string of the molecule is [CH2]CCC(C)(N1CCN(c2ncccn2)CC1)n1cccn1. The number of nitrogens with zero attached hydrogens (tertiary/aromatic N) is 6. The Hall–Kier alpha value is -1.95. The summed E-state index contributed by atoms with van der Waals surface area (Å²) in [5, 5.41) is 4.47. The third-order valence-electron chi connectivity index (χ3n) is 4.44. The zero-order chi connectivity index (χ0) is 15.4. The molecule has 1 fully saturated rings. The van der Waals surface area contributed by atoms with E-state index in [4.69, 9.17) is 0 Å². The maximum Gasteiger partial charge on any atom is 0.225 e. The maximum atomic E-state index is 4.47.